The lowest BCUT2D eigenvalue weighted by Crippen LogP contribution is -2.49. The summed E-state index contributed by atoms with van der Waals surface area (Å²) >= 11 is 0. The van der Waals surface area contributed by atoms with E-state index in [2.05, 4.69) is 47.2 Å². The van der Waals surface area contributed by atoms with Gasteiger partial charge >= 0.3 is 0 Å². The molecule has 2 aliphatic rings. The number of hydrogen-bond acceptors (Lipinski definition) is 5. The molecule has 1 aromatic carbocycles. The number of likely N-dealkylation sites (tertiary alicyclic amines) is 1. The normalized spacial score (nSPS) is 23.7. The van der Waals surface area contributed by atoms with Crippen molar-refractivity contribution in [2.75, 3.05) is 18.4 Å². The van der Waals surface area contributed by atoms with Crippen LogP contribution in [-0.2, 0) is 22.2 Å². The van der Waals surface area contributed by atoms with Crippen LogP contribution in [0.5, 0.6) is 0 Å². The molecule has 6 heteroatoms. The first kappa shape index (κ1) is 16.3. The van der Waals surface area contributed by atoms with Gasteiger partial charge in [0.05, 0.1) is 12.0 Å². The summed E-state index contributed by atoms with van der Waals surface area (Å²) in [5.74, 6) is 1.45. The molecule has 2 aliphatic heterocycles. The van der Waals surface area contributed by atoms with Gasteiger partial charge in [-0.3, -0.25) is 9.69 Å². The summed E-state index contributed by atoms with van der Waals surface area (Å²) in [5.41, 5.74) is 1.46. The van der Waals surface area contributed by atoms with Crippen LogP contribution >= 0.6 is 0 Å². The highest BCUT2D eigenvalue weighted by molar-refractivity contribution is 6.06. The lowest BCUT2D eigenvalue weighted by molar-refractivity contribution is -0.123. The molecule has 1 aromatic heterocycles. The van der Waals surface area contributed by atoms with Gasteiger partial charge in [0.2, 0.25) is 11.8 Å². The van der Waals surface area contributed by atoms with Crippen molar-refractivity contribution in [2.24, 2.45) is 0 Å². The van der Waals surface area contributed by atoms with E-state index in [0.29, 0.717) is 24.8 Å². The first-order valence-electron chi connectivity index (χ1n) is 8.85. The monoisotopic (exact) mass is 340 g/mol. The van der Waals surface area contributed by atoms with Gasteiger partial charge in [-0.25, -0.2) is 0 Å². The van der Waals surface area contributed by atoms with Gasteiger partial charge in [-0.15, -0.1) is 0 Å². The Morgan fingerprint density at radius 2 is 2.12 bits per heavy atom. The molecule has 132 valence electrons. The molecule has 3 heterocycles. The molecule has 6 nitrogen and oxygen atoms in total. The van der Waals surface area contributed by atoms with Crippen molar-refractivity contribution < 1.29 is 9.32 Å². The number of hydrogen-bond donors (Lipinski definition) is 1. The number of aromatic nitrogens is 2. The van der Waals surface area contributed by atoms with Crippen molar-refractivity contribution in [3.63, 3.8) is 0 Å². The number of nitrogens with zero attached hydrogens (tertiary/aromatic N) is 3. The molecule has 0 radical (unpaired) electrons. The lowest BCUT2D eigenvalue weighted by Gasteiger charge is -2.38. The number of anilines is 1. The Balaban J connectivity index is 1.56. The molecule has 0 unspecified atom stereocenters. The summed E-state index contributed by atoms with van der Waals surface area (Å²) in [5, 5.41) is 7.18. The van der Waals surface area contributed by atoms with Crippen LogP contribution in [-0.4, -0.2) is 34.0 Å². The zero-order valence-corrected chi connectivity index (χ0v) is 15.0. The molecule has 2 aromatic rings. The van der Waals surface area contributed by atoms with Crippen LogP contribution in [0.15, 0.2) is 28.8 Å². The second kappa shape index (κ2) is 5.66. The molecule has 1 spiro atoms. The average Bonchev–Trinajstić information content (AvgIpc) is 3.13. The second-order valence-corrected chi connectivity index (χ2v) is 8.16. The second-order valence-electron chi connectivity index (χ2n) is 8.16. The van der Waals surface area contributed by atoms with E-state index >= 15 is 0 Å². The zero-order valence-electron chi connectivity index (χ0n) is 15.0. The van der Waals surface area contributed by atoms with Crippen molar-refractivity contribution in [2.45, 2.75) is 51.0 Å². The van der Waals surface area contributed by atoms with Crippen LogP contribution in [0.25, 0.3) is 0 Å². The molecule has 1 atom stereocenters. The molecular formula is C19H24N4O2. The first-order valence-corrected chi connectivity index (χ1v) is 8.85. The predicted molar refractivity (Wildman–Crippen MR) is 94.3 cm³/mol. The fraction of sp³-hybridized carbons (Fsp3) is 0.526. The summed E-state index contributed by atoms with van der Waals surface area (Å²) < 4.78 is 5.40. The zero-order chi connectivity index (χ0) is 17.7. The molecule has 0 saturated carbocycles. The van der Waals surface area contributed by atoms with Crippen LogP contribution in [0.4, 0.5) is 5.69 Å². The van der Waals surface area contributed by atoms with Crippen molar-refractivity contribution >= 4 is 11.6 Å². The Morgan fingerprint density at radius 1 is 1.32 bits per heavy atom. The summed E-state index contributed by atoms with van der Waals surface area (Å²) in [6, 6.07) is 8.03. The van der Waals surface area contributed by atoms with Gasteiger partial charge in [-0.1, -0.05) is 44.1 Å². The van der Waals surface area contributed by atoms with Gasteiger partial charge in [0.25, 0.3) is 0 Å². The van der Waals surface area contributed by atoms with E-state index in [0.717, 1.165) is 30.6 Å². The predicted octanol–water partition coefficient (Wildman–Crippen LogP) is 2.85. The minimum atomic E-state index is -0.453. The van der Waals surface area contributed by atoms with Crippen molar-refractivity contribution in [1.29, 1.82) is 0 Å². The number of benzene rings is 1. The van der Waals surface area contributed by atoms with Gasteiger partial charge in [-0.05, 0) is 31.0 Å². The quantitative estimate of drug-likeness (QED) is 0.910. The summed E-state index contributed by atoms with van der Waals surface area (Å²) in [6.45, 7) is 8.41. The van der Waals surface area contributed by atoms with E-state index < -0.39 is 5.41 Å². The Hall–Kier alpha value is -2.21. The van der Waals surface area contributed by atoms with Crippen molar-refractivity contribution in [1.82, 2.24) is 15.0 Å². The van der Waals surface area contributed by atoms with Gasteiger partial charge in [0, 0.05) is 17.6 Å². The van der Waals surface area contributed by atoms with Gasteiger partial charge in [0.1, 0.15) is 0 Å². The highest BCUT2D eigenvalue weighted by Crippen LogP contribution is 2.43. The largest absolute Gasteiger partial charge is 0.339 e. The van der Waals surface area contributed by atoms with Crippen LogP contribution < -0.4 is 5.32 Å². The molecule has 0 aliphatic carbocycles. The average molecular weight is 340 g/mol. The van der Waals surface area contributed by atoms with E-state index in [1.807, 2.05) is 18.2 Å². The number of fused-ring (bicyclic) bond motifs is 2. The van der Waals surface area contributed by atoms with Gasteiger partial charge < -0.3 is 9.84 Å². The molecule has 1 amide bonds. The standard InChI is InChI=1S/C19H24N4O2/c1-18(2,3)17-21-15(22-25-17)11-23-10-6-9-19(12-23)13-7-4-5-8-14(13)20-16(19)24/h4-5,7-8H,6,9-12H2,1-3H3,(H,20,24)/t19-/m1/s1. The third-order valence-corrected chi connectivity index (χ3v) is 5.17. The molecule has 1 N–H and O–H groups in total. The van der Waals surface area contributed by atoms with Crippen LogP contribution in [0.1, 0.15) is 50.9 Å². The Morgan fingerprint density at radius 3 is 2.88 bits per heavy atom. The summed E-state index contributed by atoms with van der Waals surface area (Å²) in [6.07, 6.45) is 1.86. The number of para-hydroxylation sites is 1. The third kappa shape index (κ3) is 2.74. The number of amides is 1. The number of rotatable bonds is 2. The fourth-order valence-corrected chi connectivity index (χ4v) is 3.88. The Kier molecular flexibility index (Phi) is 3.68. The van der Waals surface area contributed by atoms with E-state index in [9.17, 15) is 4.79 Å². The van der Waals surface area contributed by atoms with Crippen molar-refractivity contribution in [3.8, 4) is 0 Å². The Bertz CT molecular complexity index is 808. The SMILES string of the molecule is CC(C)(C)c1nc(CN2CCC[C@]3(C2)C(=O)Nc2ccccc23)no1. The van der Waals surface area contributed by atoms with Gasteiger partial charge in [-0.2, -0.15) is 4.98 Å². The maximum Gasteiger partial charge on any atom is 0.236 e. The topological polar surface area (TPSA) is 71.3 Å². The number of carbonyl (C=O) groups is 1. The minimum Gasteiger partial charge on any atom is -0.339 e. The maximum absolute atomic E-state index is 12.8. The maximum atomic E-state index is 12.8. The minimum absolute atomic E-state index is 0.113. The van der Waals surface area contributed by atoms with Crippen LogP contribution in [0.2, 0.25) is 0 Å². The molecule has 1 saturated heterocycles. The summed E-state index contributed by atoms with van der Waals surface area (Å²) in [7, 11) is 0. The number of nitrogens with one attached hydrogen (secondary N) is 1. The first-order chi connectivity index (χ1) is 11.9. The molecule has 4 rings (SSSR count). The highest BCUT2D eigenvalue weighted by Gasteiger charge is 2.49. The van der Waals surface area contributed by atoms with E-state index in [-0.39, 0.29) is 11.3 Å². The third-order valence-electron chi connectivity index (χ3n) is 5.17. The van der Waals surface area contributed by atoms with E-state index in [4.69, 9.17) is 4.52 Å². The lowest BCUT2D eigenvalue weighted by atomic mass is 9.75. The summed E-state index contributed by atoms with van der Waals surface area (Å²) in [4.78, 5) is 19.6. The smallest absolute Gasteiger partial charge is 0.236 e. The highest BCUT2D eigenvalue weighted by atomic mass is 16.5. The molecular weight excluding hydrogens is 316 g/mol. The van der Waals surface area contributed by atoms with Gasteiger partial charge in [0.15, 0.2) is 5.82 Å². The van der Waals surface area contributed by atoms with E-state index in [1.54, 1.807) is 0 Å². The fourth-order valence-electron chi connectivity index (χ4n) is 3.88. The van der Waals surface area contributed by atoms with Crippen LogP contribution in [0.3, 0.4) is 0 Å². The number of piperidine rings is 1. The molecule has 0 bridgehead atoms. The van der Waals surface area contributed by atoms with E-state index in [1.165, 1.54) is 0 Å². The molecule has 1 fully saturated rings. The van der Waals surface area contributed by atoms with Crippen molar-refractivity contribution in [3.05, 3.63) is 41.5 Å². The molecule has 25 heavy (non-hydrogen) atoms. The van der Waals surface area contributed by atoms with Crippen LogP contribution in [0, 0.1) is 0 Å². The number of carbonyl (C=O) groups excluding carboxylic acids is 1. The Labute approximate surface area is 147 Å².